The SMILES string of the molecule is Cl.[2H]c1c([2H])c([2H])c(C(=O)OCCc2sc[n+](Cc3cnc(C)nc3N)c2C)c([2H])c1[2H].[Cl-]. The van der Waals surface area contributed by atoms with Gasteiger partial charge in [0.05, 0.1) is 29.5 Å². The van der Waals surface area contributed by atoms with Crippen molar-refractivity contribution in [2.75, 3.05) is 12.3 Å². The maximum absolute atomic E-state index is 12.4. The second-order valence-electron chi connectivity index (χ2n) is 5.57. The van der Waals surface area contributed by atoms with E-state index in [0.29, 0.717) is 24.6 Å². The first-order valence-electron chi connectivity index (χ1n) is 10.4. The summed E-state index contributed by atoms with van der Waals surface area (Å²) in [6.07, 6.45) is 2.12. The molecular weight excluding hydrogens is 419 g/mol. The van der Waals surface area contributed by atoms with Crippen LogP contribution < -0.4 is 22.7 Å². The maximum Gasteiger partial charge on any atom is 0.338 e. The molecular formula is C19H22Cl2N4O2S. The first-order chi connectivity index (χ1) is 14.6. The molecule has 2 aromatic heterocycles. The lowest BCUT2D eigenvalue weighted by molar-refractivity contribution is -0.689. The Morgan fingerprint density at radius 1 is 1.32 bits per heavy atom. The van der Waals surface area contributed by atoms with Crippen LogP contribution in [0.4, 0.5) is 5.82 Å². The summed E-state index contributed by atoms with van der Waals surface area (Å²) in [5.74, 6) is 0.0956. The number of nitrogen functional groups attached to an aromatic ring is 1. The molecule has 28 heavy (non-hydrogen) atoms. The zero-order valence-electron chi connectivity index (χ0n) is 20.2. The van der Waals surface area contributed by atoms with Gasteiger partial charge in [0.25, 0.3) is 0 Å². The van der Waals surface area contributed by atoms with Crippen molar-refractivity contribution in [2.45, 2.75) is 26.8 Å². The van der Waals surface area contributed by atoms with Gasteiger partial charge < -0.3 is 22.9 Å². The number of halogens is 2. The van der Waals surface area contributed by atoms with E-state index in [1.165, 1.54) is 11.3 Å². The van der Waals surface area contributed by atoms with Gasteiger partial charge in [-0.3, -0.25) is 0 Å². The smallest absolute Gasteiger partial charge is 0.338 e. The topological polar surface area (TPSA) is 82.0 Å². The maximum atomic E-state index is 12.4. The summed E-state index contributed by atoms with van der Waals surface area (Å²) >= 11 is 1.50. The van der Waals surface area contributed by atoms with Crippen molar-refractivity contribution in [1.29, 1.82) is 0 Å². The molecule has 0 aliphatic heterocycles. The second kappa shape index (κ2) is 10.9. The number of anilines is 1. The zero-order chi connectivity index (χ0) is 22.9. The second-order valence-corrected chi connectivity index (χ2v) is 6.51. The minimum atomic E-state index is -0.941. The van der Waals surface area contributed by atoms with Gasteiger partial charge in [-0.1, -0.05) is 29.5 Å². The Hall–Kier alpha value is -2.22. The number of nitrogens with two attached hydrogens (primary N) is 1. The van der Waals surface area contributed by atoms with Crippen molar-refractivity contribution < 1.29 is 33.4 Å². The van der Waals surface area contributed by atoms with Crippen molar-refractivity contribution in [2.24, 2.45) is 0 Å². The van der Waals surface area contributed by atoms with Gasteiger partial charge in [-0.25, -0.2) is 14.8 Å². The van der Waals surface area contributed by atoms with Crippen LogP contribution in [0.3, 0.4) is 0 Å². The van der Waals surface area contributed by atoms with Crippen molar-refractivity contribution in [3.05, 3.63) is 69.4 Å². The van der Waals surface area contributed by atoms with Crippen LogP contribution in [0.1, 0.15) is 39.2 Å². The molecule has 0 saturated heterocycles. The number of aromatic nitrogens is 3. The molecule has 1 aromatic carbocycles. The molecule has 0 bridgehead atoms. The molecule has 3 aromatic rings. The van der Waals surface area contributed by atoms with E-state index in [2.05, 4.69) is 9.97 Å². The third kappa shape index (κ3) is 5.89. The summed E-state index contributed by atoms with van der Waals surface area (Å²) in [6.45, 7) is 4.23. The number of hydrogen-bond donors (Lipinski definition) is 1. The predicted molar refractivity (Wildman–Crippen MR) is 107 cm³/mol. The van der Waals surface area contributed by atoms with E-state index >= 15 is 0 Å². The molecule has 0 aliphatic rings. The van der Waals surface area contributed by atoms with Gasteiger partial charge in [-0.15, -0.1) is 12.4 Å². The van der Waals surface area contributed by atoms with E-state index in [0.717, 1.165) is 16.1 Å². The van der Waals surface area contributed by atoms with E-state index in [9.17, 15) is 4.79 Å². The number of carbonyl (C=O) groups excluding carboxylic acids is 1. The first kappa shape index (κ1) is 16.7. The van der Waals surface area contributed by atoms with E-state index < -0.39 is 41.7 Å². The van der Waals surface area contributed by atoms with Gasteiger partial charge in [-0.2, -0.15) is 4.57 Å². The molecule has 0 saturated carbocycles. The van der Waals surface area contributed by atoms with E-state index in [4.69, 9.17) is 17.3 Å². The highest BCUT2D eigenvalue weighted by Gasteiger charge is 2.18. The Kier molecular flexibility index (Phi) is 6.53. The average Bonchev–Trinajstić information content (AvgIpc) is 3.06. The summed E-state index contributed by atoms with van der Waals surface area (Å²) in [5, 5.41) is 0. The van der Waals surface area contributed by atoms with E-state index in [-0.39, 0.29) is 31.4 Å². The van der Waals surface area contributed by atoms with Crippen LogP contribution in [0.15, 0.2) is 41.9 Å². The van der Waals surface area contributed by atoms with Gasteiger partial charge in [0.15, 0.2) is 12.2 Å². The molecule has 0 radical (unpaired) electrons. The number of esters is 1. The Bertz CT molecular complexity index is 1150. The number of nitrogens with zero attached hydrogens (tertiary/aromatic N) is 3. The number of carbonyl (C=O) groups is 1. The molecule has 0 fully saturated rings. The van der Waals surface area contributed by atoms with Crippen molar-refractivity contribution in [1.82, 2.24) is 9.97 Å². The summed E-state index contributed by atoms with van der Waals surface area (Å²) in [6, 6.07) is -2.83. The van der Waals surface area contributed by atoms with Crippen LogP contribution in [0, 0.1) is 13.8 Å². The Balaban J connectivity index is 0.00000272. The van der Waals surface area contributed by atoms with Gasteiger partial charge in [0.1, 0.15) is 11.6 Å². The molecule has 2 N–H and O–H groups in total. The highest BCUT2D eigenvalue weighted by Crippen LogP contribution is 2.14. The van der Waals surface area contributed by atoms with Gasteiger partial charge >= 0.3 is 5.97 Å². The first-order valence-corrected chi connectivity index (χ1v) is 8.78. The lowest BCUT2D eigenvalue weighted by atomic mass is 10.2. The monoisotopic (exact) mass is 445 g/mol. The number of thiazole rings is 1. The minimum absolute atomic E-state index is 0. The van der Waals surface area contributed by atoms with E-state index in [1.54, 1.807) is 13.1 Å². The molecule has 3 rings (SSSR count). The number of hydrogen-bond acceptors (Lipinski definition) is 6. The molecule has 0 atom stereocenters. The van der Waals surface area contributed by atoms with E-state index in [1.807, 2.05) is 17.0 Å². The fourth-order valence-corrected chi connectivity index (χ4v) is 3.30. The van der Waals surface area contributed by atoms with Crippen LogP contribution in [0.5, 0.6) is 0 Å². The van der Waals surface area contributed by atoms with Crippen LogP contribution in [0.25, 0.3) is 0 Å². The normalized spacial score (nSPS) is 12.4. The summed E-state index contributed by atoms with van der Waals surface area (Å²) in [5.41, 5.74) is 9.21. The molecule has 2 heterocycles. The van der Waals surface area contributed by atoms with Crippen molar-refractivity contribution in [3.63, 3.8) is 0 Å². The molecule has 9 heteroatoms. The summed E-state index contributed by atoms with van der Waals surface area (Å²) in [7, 11) is 0. The van der Waals surface area contributed by atoms with Gasteiger partial charge in [0, 0.05) is 19.5 Å². The largest absolute Gasteiger partial charge is 1.00 e. The molecule has 150 valence electrons. The zero-order valence-corrected chi connectivity index (χ0v) is 17.6. The number of benzene rings is 1. The van der Waals surface area contributed by atoms with Crippen LogP contribution >= 0.6 is 23.7 Å². The molecule has 6 nitrogen and oxygen atoms in total. The summed E-state index contributed by atoms with van der Waals surface area (Å²) in [4.78, 5) is 21.7. The van der Waals surface area contributed by atoms with Gasteiger partial charge in [-0.05, 0) is 19.0 Å². The lowest BCUT2D eigenvalue weighted by Crippen LogP contribution is -3.00. The third-order valence-electron chi connectivity index (χ3n) is 3.78. The van der Waals surface area contributed by atoms with Crippen LogP contribution in [-0.4, -0.2) is 22.5 Å². The van der Waals surface area contributed by atoms with Crippen molar-refractivity contribution in [3.8, 4) is 0 Å². The Morgan fingerprint density at radius 2 is 2.04 bits per heavy atom. The Morgan fingerprint density at radius 3 is 2.71 bits per heavy atom. The minimum Gasteiger partial charge on any atom is -1.00 e. The fourth-order valence-electron chi connectivity index (χ4n) is 2.33. The predicted octanol–water partition coefficient (Wildman–Crippen LogP) is -0.102. The molecule has 0 unspecified atom stereocenters. The summed E-state index contributed by atoms with van der Waals surface area (Å²) < 4.78 is 45.8. The molecule has 0 spiro atoms. The van der Waals surface area contributed by atoms with Gasteiger partial charge in [0.2, 0.25) is 5.51 Å². The average molecular weight is 446 g/mol. The van der Waals surface area contributed by atoms with Crippen molar-refractivity contribution >= 4 is 35.5 Å². The van der Waals surface area contributed by atoms with Crippen LogP contribution in [0.2, 0.25) is 0 Å². The highest BCUT2D eigenvalue weighted by atomic mass is 35.5. The number of aryl methyl sites for hydroxylation is 1. The molecule has 0 aliphatic carbocycles. The lowest BCUT2D eigenvalue weighted by Gasteiger charge is -2.04. The standard InChI is InChI=1S/C19H21N4O2S.2ClH/c1-13-17(8-9-25-19(24)15-6-4-3-5-7-15)26-12-23(13)11-16-10-21-14(2)22-18(16)20;;/h3-7,10,12H,8-9,11H2,1-2H3,(H2,20,21,22);2*1H/q+1;;/p-1/i3D,4D,5D,6D,7D;;. The Labute approximate surface area is 187 Å². The highest BCUT2D eigenvalue weighted by molar-refractivity contribution is 7.09. The number of rotatable bonds is 6. The molecule has 0 amide bonds. The van der Waals surface area contributed by atoms with Crippen LogP contribution in [-0.2, 0) is 17.7 Å². The third-order valence-corrected chi connectivity index (χ3v) is 4.93. The number of ether oxygens (including phenoxy) is 1. The quantitative estimate of drug-likeness (QED) is 0.423. The fraction of sp³-hybridized carbons (Fsp3) is 0.263.